The second kappa shape index (κ2) is 8.39. The molecule has 2 aliphatic heterocycles. The van der Waals surface area contributed by atoms with E-state index < -0.39 is 0 Å². The van der Waals surface area contributed by atoms with E-state index in [0.717, 1.165) is 54.2 Å². The van der Waals surface area contributed by atoms with Crippen LogP contribution in [-0.2, 0) is 0 Å². The van der Waals surface area contributed by atoms with Crippen LogP contribution in [0.2, 0.25) is 0 Å². The van der Waals surface area contributed by atoms with Gasteiger partial charge in [-0.15, -0.1) is 0 Å². The lowest BCUT2D eigenvalue weighted by Gasteiger charge is -2.27. The lowest BCUT2D eigenvalue weighted by atomic mass is 9.80. The number of carbonyl (C=O) groups is 1. The van der Waals surface area contributed by atoms with E-state index in [1.54, 1.807) is 0 Å². The van der Waals surface area contributed by atoms with Gasteiger partial charge >= 0.3 is 0 Å². The highest BCUT2D eigenvalue weighted by atomic mass is 16.2. The monoisotopic (exact) mass is 450 g/mol. The van der Waals surface area contributed by atoms with Crippen molar-refractivity contribution < 1.29 is 4.79 Å². The smallest absolute Gasteiger partial charge is 0.254 e. The number of benzene rings is 2. The largest absolute Gasteiger partial charge is 0.355 e. The highest BCUT2D eigenvalue weighted by Gasteiger charge is 2.42. The molecule has 34 heavy (non-hydrogen) atoms. The molecule has 0 spiro atoms. The summed E-state index contributed by atoms with van der Waals surface area (Å²) in [6.45, 7) is 7.85. The Balaban J connectivity index is 1.17. The molecule has 2 fully saturated rings. The quantitative estimate of drug-likeness (QED) is 0.559. The number of anilines is 1. The Morgan fingerprint density at radius 3 is 2.41 bits per heavy atom. The Bertz CT molecular complexity index is 1300. The summed E-state index contributed by atoms with van der Waals surface area (Å²) in [5, 5.41) is 0. The zero-order chi connectivity index (χ0) is 23.2. The molecule has 5 heteroatoms. The molecular formula is C29H30N4O. The van der Waals surface area contributed by atoms with Crippen molar-refractivity contribution in [3.63, 3.8) is 0 Å². The molecular weight excluding hydrogens is 420 g/mol. The minimum Gasteiger partial charge on any atom is -0.355 e. The standard InChI is InChI=1S/C29H30N4O/c1-19-11-12-23(20(2)13-19)24-7-3-4-8-25(24)29(34)33-17-21-15-32(16-22(21)18-33)28-14-30-26-9-5-6-10-27(26)31-28/h3-14,20-23H,15-18H2,1-2H3. The number of aromatic nitrogens is 2. The summed E-state index contributed by atoms with van der Waals surface area (Å²) in [4.78, 5) is 27.5. The molecule has 3 aliphatic rings. The molecule has 0 radical (unpaired) electrons. The number of amides is 1. The third-order valence-corrected chi connectivity index (χ3v) is 7.74. The van der Waals surface area contributed by atoms with E-state index in [-0.39, 0.29) is 11.8 Å². The zero-order valence-corrected chi connectivity index (χ0v) is 19.8. The molecule has 2 aromatic carbocycles. The Morgan fingerprint density at radius 2 is 1.65 bits per heavy atom. The normalized spacial score (nSPS) is 26.1. The molecule has 4 unspecified atom stereocenters. The first-order valence-corrected chi connectivity index (χ1v) is 12.3. The van der Waals surface area contributed by atoms with Crippen LogP contribution >= 0.6 is 0 Å². The van der Waals surface area contributed by atoms with Crippen LogP contribution < -0.4 is 4.90 Å². The van der Waals surface area contributed by atoms with E-state index in [1.165, 1.54) is 5.57 Å². The third-order valence-electron chi connectivity index (χ3n) is 7.74. The topological polar surface area (TPSA) is 49.3 Å². The van der Waals surface area contributed by atoms with Crippen LogP contribution in [0.15, 0.2) is 78.5 Å². The van der Waals surface area contributed by atoms with Gasteiger partial charge in [-0.05, 0) is 36.6 Å². The first-order valence-electron chi connectivity index (χ1n) is 12.3. The van der Waals surface area contributed by atoms with Gasteiger partial charge in [-0.25, -0.2) is 4.98 Å². The third kappa shape index (κ3) is 3.69. The maximum absolute atomic E-state index is 13.7. The molecule has 1 aliphatic carbocycles. The van der Waals surface area contributed by atoms with E-state index in [0.29, 0.717) is 17.8 Å². The molecule has 3 aromatic rings. The van der Waals surface area contributed by atoms with Crippen LogP contribution in [0.4, 0.5) is 5.82 Å². The van der Waals surface area contributed by atoms with Gasteiger partial charge in [0.25, 0.3) is 5.91 Å². The van der Waals surface area contributed by atoms with E-state index >= 15 is 0 Å². The van der Waals surface area contributed by atoms with Gasteiger partial charge in [-0.2, -0.15) is 0 Å². The van der Waals surface area contributed by atoms with Crippen LogP contribution in [0.3, 0.4) is 0 Å². The van der Waals surface area contributed by atoms with Crippen molar-refractivity contribution in [2.45, 2.75) is 19.8 Å². The molecule has 3 heterocycles. The first kappa shape index (κ1) is 21.1. The minimum absolute atomic E-state index is 0.175. The summed E-state index contributed by atoms with van der Waals surface area (Å²) in [7, 11) is 0. The van der Waals surface area contributed by atoms with Crippen LogP contribution in [0, 0.1) is 17.8 Å². The number of hydrogen-bond acceptors (Lipinski definition) is 4. The predicted molar refractivity (Wildman–Crippen MR) is 136 cm³/mol. The van der Waals surface area contributed by atoms with Crippen LogP contribution in [0.25, 0.3) is 11.0 Å². The second-order valence-electron chi connectivity index (χ2n) is 10.1. The van der Waals surface area contributed by atoms with E-state index in [9.17, 15) is 4.79 Å². The predicted octanol–water partition coefficient (Wildman–Crippen LogP) is 5.07. The molecule has 4 atom stereocenters. The Morgan fingerprint density at radius 1 is 0.941 bits per heavy atom. The summed E-state index contributed by atoms with van der Waals surface area (Å²) in [6.07, 6.45) is 8.62. The molecule has 0 bridgehead atoms. The van der Waals surface area contributed by atoms with Gasteiger partial charge in [-0.1, -0.05) is 61.1 Å². The lowest BCUT2D eigenvalue weighted by molar-refractivity contribution is 0.0781. The Kier molecular flexibility index (Phi) is 5.20. The van der Waals surface area contributed by atoms with Crippen molar-refractivity contribution in [1.29, 1.82) is 0 Å². The maximum atomic E-state index is 13.7. The number of allylic oxidation sites excluding steroid dienone is 4. The Hall–Kier alpha value is -3.47. The van der Waals surface area contributed by atoms with Gasteiger partial charge < -0.3 is 9.80 Å². The molecule has 172 valence electrons. The average molecular weight is 451 g/mol. The summed E-state index contributed by atoms with van der Waals surface area (Å²) in [6, 6.07) is 16.2. The molecule has 0 saturated carbocycles. The number of carbonyl (C=O) groups excluding carboxylic acids is 1. The van der Waals surface area contributed by atoms with E-state index in [2.05, 4.69) is 59.0 Å². The molecule has 5 nitrogen and oxygen atoms in total. The Labute approximate surface area is 200 Å². The van der Waals surface area contributed by atoms with Crippen molar-refractivity contribution in [3.05, 3.63) is 89.7 Å². The van der Waals surface area contributed by atoms with Gasteiger partial charge in [0.15, 0.2) is 0 Å². The van der Waals surface area contributed by atoms with Crippen LogP contribution in [-0.4, -0.2) is 47.0 Å². The average Bonchev–Trinajstić information content (AvgIpc) is 3.43. The summed E-state index contributed by atoms with van der Waals surface area (Å²) in [5.41, 5.74) is 5.15. The SMILES string of the molecule is CC1=CC(C)C(c2ccccc2C(=O)N2CC3CN(c4cnc5ccccc5n4)CC3C2)C=C1. The lowest BCUT2D eigenvalue weighted by Crippen LogP contribution is -2.34. The van der Waals surface area contributed by atoms with E-state index in [1.807, 2.05) is 42.6 Å². The fourth-order valence-electron chi connectivity index (χ4n) is 5.99. The summed E-state index contributed by atoms with van der Waals surface area (Å²) >= 11 is 0. The van der Waals surface area contributed by atoms with Crippen molar-refractivity contribution in [3.8, 4) is 0 Å². The maximum Gasteiger partial charge on any atom is 0.254 e. The molecule has 6 rings (SSSR count). The molecule has 0 N–H and O–H groups in total. The first-order chi connectivity index (χ1) is 16.6. The summed E-state index contributed by atoms with van der Waals surface area (Å²) < 4.78 is 0. The fourth-order valence-corrected chi connectivity index (χ4v) is 5.99. The van der Waals surface area contributed by atoms with Gasteiger partial charge in [0.1, 0.15) is 5.82 Å². The summed E-state index contributed by atoms with van der Waals surface area (Å²) in [5.74, 6) is 2.69. The molecule has 1 amide bonds. The van der Waals surface area contributed by atoms with Crippen molar-refractivity contribution in [2.24, 2.45) is 17.8 Å². The highest BCUT2D eigenvalue weighted by molar-refractivity contribution is 5.96. The van der Waals surface area contributed by atoms with Gasteiger partial charge in [0, 0.05) is 49.5 Å². The number of nitrogens with zero attached hydrogens (tertiary/aromatic N) is 4. The highest BCUT2D eigenvalue weighted by Crippen LogP contribution is 2.37. The van der Waals surface area contributed by atoms with Crippen molar-refractivity contribution in [1.82, 2.24) is 14.9 Å². The number of likely N-dealkylation sites (tertiary alicyclic amines) is 1. The number of hydrogen-bond donors (Lipinski definition) is 0. The fraction of sp³-hybridized carbons (Fsp3) is 0.345. The van der Waals surface area contributed by atoms with Crippen LogP contribution in [0.5, 0.6) is 0 Å². The second-order valence-corrected chi connectivity index (χ2v) is 10.1. The van der Waals surface area contributed by atoms with Gasteiger partial charge in [0.05, 0.1) is 17.2 Å². The zero-order valence-electron chi connectivity index (χ0n) is 19.8. The minimum atomic E-state index is 0.175. The molecule has 2 saturated heterocycles. The van der Waals surface area contributed by atoms with Gasteiger partial charge in [-0.3, -0.25) is 9.78 Å². The van der Waals surface area contributed by atoms with Crippen molar-refractivity contribution in [2.75, 3.05) is 31.1 Å². The van der Waals surface area contributed by atoms with Crippen LogP contribution in [0.1, 0.15) is 35.7 Å². The molecule has 1 aromatic heterocycles. The number of fused-ring (bicyclic) bond motifs is 2. The number of rotatable bonds is 3. The van der Waals surface area contributed by atoms with Crippen molar-refractivity contribution >= 4 is 22.8 Å². The number of para-hydroxylation sites is 2. The van der Waals surface area contributed by atoms with Gasteiger partial charge in [0.2, 0.25) is 0 Å². The van der Waals surface area contributed by atoms with E-state index in [4.69, 9.17) is 4.98 Å².